The summed E-state index contributed by atoms with van der Waals surface area (Å²) in [4.78, 5) is 33.1. The number of hydrogen-bond acceptors (Lipinski definition) is 5. The maximum absolute atomic E-state index is 12.9. The molecule has 0 fully saturated rings. The molecule has 0 saturated carbocycles. The van der Waals surface area contributed by atoms with Gasteiger partial charge in [-0.15, -0.1) is 11.3 Å². The SMILES string of the molecule is Cc1c(C(=O)NCCCN(C)C)sc2ncn(Cc3ccccc3)c(=O)c12. The molecule has 27 heavy (non-hydrogen) atoms. The van der Waals surface area contributed by atoms with Gasteiger partial charge < -0.3 is 10.2 Å². The van der Waals surface area contributed by atoms with Gasteiger partial charge >= 0.3 is 0 Å². The summed E-state index contributed by atoms with van der Waals surface area (Å²) in [6, 6.07) is 9.79. The van der Waals surface area contributed by atoms with Crippen LogP contribution in [0.1, 0.15) is 27.2 Å². The van der Waals surface area contributed by atoms with Crippen molar-refractivity contribution in [2.24, 2.45) is 0 Å². The number of carbonyl (C=O) groups excluding carboxylic acids is 1. The van der Waals surface area contributed by atoms with Gasteiger partial charge in [-0.3, -0.25) is 14.2 Å². The second kappa shape index (κ2) is 8.45. The number of nitrogens with zero attached hydrogens (tertiary/aromatic N) is 3. The molecule has 0 bridgehead atoms. The molecule has 2 heterocycles. The number of thiophene rings is 1. The Morgan fingerprint density at radius 1 is 1.26 bits per heavy atom. The highest BCUT2D eigenvalue weighted by Crippen LogP contribution is 2.26. The zero-order chi connectivity index (χ0) is 19.4. The van der Waals surface area contributed by atoms with Gasteiger partial charge in [-0.05, 0) is 45.1 Å². The molecule has 0 radical (unpaired) electrons. The Hall–Kier alpha value is -2.51. The molecule has 1 amide bonds. The molecule has 0 aliphatic rings. The minimum Gasteiger partial charge on any atom is -0.351 e. The van der Waals surface area contributed by atoms with E-state index in [1.54, 1.807) is 10.9 Å². The summed E-state index contributed by atoms with van der Waals surface area (Å²) in [5.74, 6) is -0.136. The lowest BCUT2D eigenvalue weighted by Crippen LogP contribution is -2.27. The normalized spacial score (nSPS) is 11.3. The molecule has 0 unspecified atom stereocenters. The molecule has 0 saturated heterocycles. The molecular formula is C20H24N4O2S. The zero-order valence-electron chi connectivity index (χ0n) is 15.9. The molecule has 3 rings (SSSR count). The summed E-state index contributed by atoms with van der Waals surface area (Å²) in [6.07, 6.45) is 2.44. The van der Waals surface area contributed by atoms with Crippen LogP contribution >= 0.6 is 11.3 Å². The zero-order valence-corrected chi connectivity index (χ0v) is 16.7. The minimum atomic E-state index is -0.136. The summed E-state index contributed by atoms with van der Waals surface area (Å²) >= 11 is 1.28. The predicted octanol–water partition coefficient (Wildman–Crippen LogP) is 2.50. The first-order chi connectivity index (χ1) is 13.0. The Morgan fingerprint density at radius 3 is 2.70 bits per heavy atom. The van der Waals surface area contributed by atoms with E-state index in [4.69, 9.17) is 0 Å². The fourth-order valence-corrected chi connectivity index (χ4v) is 4.00. The molecule has 142 valence electrons. The third-order valence-corrected chi connectivity index (χ3v) is 5.59. The van der Waals surface area contributed by atoms with Crippen molar-refractivity contribution < 1.29 is 4.79 Å². The van der Waals surface area contributed by atoms with Gasteiger partial charge in [0.1, 0.15) is 4.83 Å². The van der Waals surface area contributed by atoms with Gasteiger partial charge in [0.2, 0.25) is 0 Å². The Bertz CT molecular complexity index is 992. The Balaban J connectivity index is 1.83. The van der Waals surface area contributed by atoms with Crippen LogP contribution in [0.25, 0.3) is 10.2 Å². The van der Waals surface area contributed by atoms with E-state index in [9.17, 15) is 9.59 Å². The number of amides is 1. The molecule has 0 atom stereocenters. The first kappa shape index (κ1) is 19.3. The van der Waals surface area contributed by atoms with Crippen LogP contribution in [0, 0.1) is 6.92 Å². The summed E-state index contributed by atoms with van der Waals surface area (Å²) < 4.78 is 1.59. The fraction of sp³-hybridized carbons (Fsp3) is 0.350. The van der Waals surface area contributed by atoms with E-state index in [1.807, 2.05) is 51.4 Å². The van der Waals surface area contributed by atoms with Crippen molar-refractivity contribution in [1.82, 2.24) is 19.8 Å². The predicted molar refractivity (Wildman–Crippen MR) is 110 cm³/mol. The highest BCUT2D eigenvalue weighted by atomic mass is 32.1. The van der Waals surface area contributed by atoms with Crippen LogP contribution in [0.4, 0.5) is 0 Å². The summed E-state index contributed by atoms with van der Waals surface area (Å²) in [5, 5.41) is 3.48. The number of carbonyl (C=O) groups is 1. The highest BCUT2D eigenvalue weighted by Gasteiger charge is 2.19. The molecule has 0 spiro atoms. The molecule has 7 heteroatoms. The van der Waals surface area contributed by atoms with Crippen molar-refractivity contribution in [2.75, 3.05) is 27.2 Å². The Labute approximate surface area is 162 Å². The van der Waals surface area contributed by atoms with Gasteiger partial charge in [-0.1, -0.05) is 30.3 Å². The molecule has 6 nitrogen and oxygen atoms in total. The fourth-order valence-electron chi connectivity index (χ4n) is 2.95. The van der Waals surface area contributed by atoms with E-state index in [0.717, 1.165) is 18.5 Å². The van der Waals surface area contributed by atoms with Crippen molar-refractivity contribution in [1.29, 1.82) is 0 Å². The van der Waals surface area contributed by atoms with Gasteiger partial charge in [0.05, 0.1) is 23.1 Å². The van der Waals surface area contributed by atoms with Crippen LogP contribution in [0.15, 0.2) is 41.5 Å². The lowest BCUT2D eigenvalue weighted by atomic mass is 10.2. The number of hydrogen-bond donors (Lipinski definition) is 1. The van der Waals surface area contributed by atoms with E-state index in [-0.39, 0.29) is 11.5 Å². The topological polar surface area (TPSA) is 67.2 Å². The molecule has 1 N–H and O–H groups in total. The number of aryl methyl sites for hydroxylation is 1. The van der Waals surface area contributed by atoms with Gasteiger partial charge in [0.15, 0.2) is 0 Å². The molecule has 0 aliphatic heterocycles. The van der Waals surface area contributed by atoms with Crippen molar-refractivity contribution in [2.45, 2.75) is 19.9 Å². The first-order valence-electron chi connectivity index (χ1n) is 8.92. The lowest BCUT2D eigenvalue weighted by Gasteiger charge is -2.09. The maximum Gasteiger partial charge on any atom is 0.262 e. The molecule has 2 aromatic heterocycles. The van der Waals surface area contributed by atoms with Crippen LogP contribution in [-0.4, -0.2) is 47.5 Å². The minimum absolute atomic E-state index is 0.107. The standard InChI is InChI=1S/C20H24N4O2S/c1-14-16-19(27-17(14)18(25)21-10-7-11-23(2)3)22-13-24(20(16)26)12-15-8-5-4-6-9-15/h4-6,8-9,13H,7,10-12H2,1-3H3,(H,21,25). The van der Waals surface area contributed by atoms with Gasteiger partial charge in [0.25, 0.3) is 11.5 Å². The molecule has 3 aromatic rings. The van der Waals surface area contributed by atoms with Crippen molar-refractivity contribution >= 4 is 27.5 Å². The van der Waals surface area contributed by atoms with Gasteiger partial charge in [0, 0.05) is 6.54 Å². The largest absolute Gasteiger partial charge is 0.351 e. The van der Waals surface area contributed by atoms with Crippen LogP contribution in [0.3, 0.4) is 0 Å². The number of nitrogens with one attached hydrogen (secondary N) is 1. The van der Waals surface area contributed by atoms with Gasteiger partial charge in [-0.25, -0.2) is 4.98 Å². The van der Waals surface area contributed by atoms with E-state index in [0.29, 0.717) is 33.7 Å². The van der Waals surface area contributed by atoms with E-state index >= 15 is 0 Å². The van der Waals surface area contributed by atoms with Crippen molar-refractivity contribution in [3.05, 3.63) is 63.0 Å². The summed E-state index contributed by atoms with van der Waals surface area (Å²) in [6.45, 7) is 3.81. The number of rotatable bonds is 7. The molecule has 0 aliphatic carbocycles. The summed E-state index contributed by atoms with van der Waals surface area (Å²) in [5.41, 5.74) is 1.64. The first-order valence-corrected chi connectivity index (χ1v) is 9.74. The van der Waals surface area contributed by atoms with Crippen LogP contribution in [-0.2, 0) is 6.54 Å². The van der Waals surface area contributed by atoms with E-state index in [2.05, 4.69) is 15.2 Å². The van der Waals surface area contributed by atoms with Crippen LogP contribution < -0.4 is 10.9 Å². The third kappa shape index (κ3) is 4.43. The monoisotopic (exact) mass is 384 g/mol. The smallest absolute Gasteiger partial charge is 0.262 e. The molecule has 1 aromatic carbocycles. The average molecular weight is 385 g/mol. The Morgan fingerprint density at radius 2 is 2.00 bits per heavy atom. The highest BCUT2D eigenvalue weighted by molar-refractivity contribution is 7.20. The maximum atomic E-state index is 12.9. The van der Waals surface area contributed by atoms with Gasteiger partial charge in [-0.2, -0.15) is 0 Å². The Kier molecular flexibility index (Phi) is 6.03. The summed E-state index contributed by atoms with van der Waals surface area (Å²) in [7, 11) is 4.01. The van der Waals surface area contributed by atoms with Crippen molar-refractivity contribution in [3.8, 4) is 0 Å². The van der Waals surface area contributed by atoms with E-state index < -0.39 is 0 Å². The number of aromatic nitrogens is 2. The number of benzene rings is 1. The third-order valence-electron chi connectivity index (χ3n) is 4.39. The molecular weight excluding hydrogens is 360 g/mol. The van der Waals surface area contributed by atoms with Crippen LogP contribution in [0.2, 0.25) is 0 Å². The number of fused-ring (bicyclic) bond motifs is 1. The second-order valence-electron chi connectivity index (χ2n) is 6.81. The quantitative estimate of drug-likeness (QED) is 0.636. The van der Waals surface area contributed by atoms with Crippen molar-refractivity contribution in [3.63, 3.8) is 0 Å². The average Bonchev–Trinajstić information content (AvgIpc) is 2.99. The van der Waals surface area contributed by atoms with E-state index in [1.165, 1.54) is 11.3 Å². The second-order valence-corrected chi connectivity index (χ2v) is 7.81. The van der Waals surface area contributed by atoms with Crippen LogP contribution in [0.5, 0.6) is 0 Å². The lowest BCUT2D eigenvalue weighted by molar-refractivity contribution is 0.0956.